The summed E-state index contributed by atoms with van der Waals surface area (Å²) in [7, 11) is 2.09. The summed E-state index contributed by atoms with van der Waals surface area (Å²) < 4.78 is 1.80. The molecule has 0 amide bonds. The van der Waals surface area contributed by atoms with Crippen LogP contribution in [0.1, 0.15) is 20.3 Å². The molecule has 0 aliphatic rings. The van der Waals surface area contributed by atoms with Crippen molar-refractivity contribution >= 4 is 11.6 Å². The predicted octanol–water partition coefficient (Wildman–Crippen LogP) is 3.27. The summed E-state index contributed by atoms with van der Waals surface area (Å²) in [5, 5.41) is 4.30. The first kappa shape index (κ1) is 14.5. The van der Waals surface area contributed by atoms with Crippen LogP contribution in [-0.2, 0) is 0 Å². The third kappa shape index (κ3) is 2.93. The number of nitrogens with zero attached hydrogens (tertiary/aromatic N) is 5. The lowest BCUT2D eigenvalue weighted by atomic mass is 10.1. The Balaban J connectivity index is 2.03. The molecule has 114 valence electrons. The number of aromatic nitrogens is 4. The summed E-state index contributed by atoms with van der Waals surface area (Å²) >= 11 is 0. The van der Waals surface area contributed by atoms with Crippen LogP contribution in [0.15, 0.2) is 42.7 Å². The van der Waals surface area contributed by atoms with Crippen LogP contribution < -0.4 is 4.90 Å². The van der Waals surface area contributed by atoms with Crippen LogP contribution in [0.2, 0.25) is 0 Å². The van der Waals surface area contributed by atoms with Crippen LogP contribution in [-0.4, -0.2) is 33.2 Å². The fraction of sp³-hybridized carbons (Fsp3) is 0.353. The van der Waals surface area contributed by atoms with Gasteiger partial charge in [0.2, 0.25) is 0 Å². The molecule has 0 bridgehead atoms. The van der Waals surface area contributed by atoms with Crippen molar-refractivity contribution in [3.63, 3.8) is 0 Å². The van der Waals surface area contributed by atoms with Crippen molar-refractivity contribution in [3.05, 3.63) is 42.7 Å². The second-order valence-electron chi connectivity index (χ2n) is 5.94. The Labute approximate surface area is 130 Å². The van der Waals surface area contributed by atoms with Gasteiger partial charge in [-0.15, -0.1) is 0 Å². The standard InChI is InChI=1S/C17H21N5/c1-13(2)9-10-21(3)16-11-15(14-7-5-4-6-8-14)20-17-18-12-19-22(16)17/h4-8,11-13H,9-10H2,1-3H3. The maximum Gasteiger partial charge on any atom is 0.254 e. The molecule has 3 aromatic rings. The number of hydrogen-bond donors (Lipinski definition) is 0. The molecular weight excluding hydrogens is 274 g/mol. The van der Waals surface area contributed by atoms with Gasteiger partial charge in [-0.1, -0.05) is 44.2 Å². The zero-order valence-electron chi connectivity index (χ0n) is 13.3. The summed E-state index contributed by atoms with van der Waals surface area (Å²) in [6, 6.07) is 12.3. The van der Waals surface area contributed by atoms with Crippen molar-refractivity contribution in [2.75, 3.05) is 18.5 Å². The smallest absolute Gasteiger partial charge is 0.254 e. The lowest BCUT2D eigenvalue weighted by Gasteiger charge is -2.21. The van der Waals surface area contributed by atoms with Crippen LogP contribution in [0.5, 0.6) is 0 Å². The summed E-state index contributed by atoms with van der Waals surface area (Å²) in [5.41, 5.74) is 2.01. The third-order valence-electron chi connectivity index (χ3n) is 3.74. The Kier molecular flexibility index (Phi) is 4.04. The average Bonchev–Trinajstić information content (AvgIpc) is 3.01. The summed E-state index contributed by atoms with van der Waals surface area (Å²) in [6.45, 7) is 5.45. The van der Waals surface area contributed by atoms with Gasteiger partial charge < -0.3 is 4.90 Å². The van der Waals surface area contributed by atoms with E-state index in [9.17, 15) is 0 Å². The van der Waals surface area contributed by atoms with Crippen molar-refractivity contribution in [3.8, 4) is 11.3 Å². The SMILES string of the molecule is CC(C)CCN(C)c1cc(-c2ccccc2)nc2ncnn12. The monoisotopic (exact) mass is 295 g/mol. The fourth-order valence-corrected chi connectivity index (χ4v) is 2.39. The molecule has 0 spiro atoms. The zero-order chi connectivity index (χ0) is 15.5. The molecule has 0 N–H and O–H groups in total. The first-order valence-corrected chi connectivity index (χ1v) is 7.62. The predicted molar refractivity (Wildman–Crippen MR) is 88.9 cm³/mol. The average molecular weight is 295 g/mol. The van der Waals surface area contributed by atoms with Gasteiger partial charge in [-0.25, -0.2) is 4.98 Å². The number of fused-ring (bicyclic) bond motifs is 1. The number of hydrogen-bond acceptors (Lipinski definition) is 4. The van der Waals surface area contributed by atoms with Gasteiger partial charge in [0.05, 0.1) is 5.69 Å². The normalized spacial score (nSPS) is 11.3. The van der Waals surface area contributed by atoms with E-state index in [2.05, 4.69) is 59.1 Å². The highest BCUT2D eigenvalue weighted by Gasteiger charge is 2.12. The van der Waals surface area contributed by atoms with Gasteiger partial charge in [0.1, 0.15) is 12.1 Å². The minimum absolute atomic E-state index is 0.632. The Morgan fingerprint density at radius 3 is 2.68 bits per heavy atom. The Morgan fingerprint density at radius 2 is 1.95 bits per heavy atom. The van der Waals surface area contributed by atoms with E-state index in [1.807, 2.05) is 18.2 Å². The largest absolute Gasteiger partial charge is 0.359 e. The fourth-order valence-electron chi connectivity index (χ4n) is 2.39. The Bertz CT molecular complexity index is 748. The lowest BCUT2D eigenvalue weighted by molar-refractivity contribution is 0.581. The quantitative estimate of drug-likeness (QED) is 0.724. The van der Waals surface area contributed by atoms with E-state index in [1.165, 1.54) is 0 Å². The molecule has 1 aromatic carbocycles. The highest BCUT2D eigenvalue weighted by molar-refractivity contribution is 5.65. The van der Waals surface area contributed by atoms with Crippen LogP contribution in [0.4, 0.5) is 5.82 Å². The van der Waals surface area contributed by atoms with Crippen molar-refractivity contribution in [2.24, 2.45) is 5.92 Å². The molecule has 5 heteroatoms. The minimum atomic E-state index is 0.632. The molecular formula is C17H21N5. The van der Waals surface area contributed by atoms with E-state index in [1.54, 1.807) is 10.8 Å². The van der Waals surface area contributed by atoms with Crippen LogP contribution in [0, 0.1) is 5.92 Å². The molecule has 22 heavy (non-hydrogen) atoms. The first-order chi connectivity index (χ1) is 10.6. The van der Waals surface area contributed by atoms with Gasteiger partial charge in [0, 0.05) is 25.2 Å². The molecule has 0 aliphatic heterocycles. The summed E-state index contributed by atoms with van der Waals surface area (Å²) in [6.07, 6.45) is 2.69. The highest BCUT2D eigenvalue weighted by Crippen LogP contribution is 2.23. The van der Waals surface area contributed by atoms with E-state index >= 15 is 0 Å². The maximum atomic E-state index is 4.61. The highest BCUT2D eigenvalue weighted by atomic mass is 15.4. The maximum absolute atomic E-state index is 4.61. The summed E-state index contributed by atoms with van der Waals surface area (Å²) in [5.74, 6) is 2.32. The second-order valence-corrected chi connectivity index (χ2v) is 5.94. The first-order valence-electron chi connectivity index (χ1n) is 7.62. The van der Waals surface area contributed by atoms with Gasteiger partial charge in [0.15, 0.2) is 0 Å². The molecule has 0 fully saturated rings. The molecule has 0 saturated heterocycles. The molecule has 0 atom stereocenters. The second kappa shape index (κ2) is 6.13. The van der Waals surface area contributed by atoms with E-state index in [4.69, 9.17) is 0 Å². The number of benzene rings is 1. The van der Waals surface area contributed by atoms with Gasteiger partial charge >= 0.3 is 0 Å². The number of rotatable bonds is 5. The van der Waals surface area contributed by atoms with Crippen molar-refractivity contribution < 1.29 is 0 Å². The van der Waals surface area contributed by atoms with Crippen LogP contribution in [0.3, 0.4) is 0 Å². The number of anilines is 1. The van der Waals surface area contributed by atoms with Crippen LogP contribution >= 0.6 is 0 Å². The van der Waals surface area contributed by atoms with E-state index in [0.717, 1.165) is 30.0 Å². The molecule has 5 nitrogen and oxygen atoms in total. The van der Waals surface area contributed by atoms with Gasteiger partial charge in [-0.3, -0.25) is 0 Å². The van der Waals surface area contributed by atoms with Crippen molar-refractivity contribution in [1.82, 2.24) is 19.6 Å². The van der Waals surface area contributed by atoms with Gasteiger partial charge in [-0.2, -0.15) is 14.6 Å². The molecule has 2 heterocycles. The Hall–Kier alpha value is -2.43. The summed E-state index contributed by atoms with van der Waals surface area (Å²) in [4.78, 5) is 11.1. The molecule has 0 unspecified atom stereocenters. The van der Waals surface area contributed by atoms with Crippen LogP contribution in [0.25, 0.3) is 17.0 Å². The Morgan fingerprint density at radius 1 is 1.18 bits per heavy atom. The molecule has 3 rings (SSSR count). The van der Waals surface area contributed by atoms with E-state index < -0.39 is 0 Å². The molecule has 0 radical (unpaired) electrons. The third-order valence-corrected chi connectivity index (χ3v) is 3.74. The van der Waals surface area contributed by atoms with Gasteiger partial charge in [0.25, 0.3) is 5.78 Å². The lowest BCUT2D eigenvalue weighted by Crippen LogP contribution is -2.23. The minimum Gasteiger partial charge on any atom is -0.359 e. The van der Waals surface area contributed by atoms with Gasteiger partial charge in [-0.05, 0) is 12.3 Å². The van der Waals surface area contributed by atoms with Crippen molar-refractivity contribution in [1.29, 1.82) is 0 Å². The molecule has 0 aliphatic carbocycles. The van der Waals surface area contributed by atoms with E-state index in [-0.39, 0.29) is 0 Å². The topological polar surface area (TPSA) is 46.3 Å². The molecule has 0 saturated carbocycles. The zero-order valence-corrected chi connectivity index (χ0v) is 13.3. The van der Waals surface area contributed by atoms with Crippen molar-refractivity contribution in [2.45, 2.75) is 20.3 Å². The molecule has 2 aromatic heterocycles. The van der Waals surface area contributed by atoms with E-state index in [0.29, 0.717) is 11.7 Å².